The van der Waals surface area contributed by atoms with Crippen molar-refractivity contribution in [3.05, 3.63) is 52.2 Å². The van der Waals surface area contributed by atoms with E-state index < -0.39 is 0 Å². The number of hydrogen-bond acceptors (Lipinski definition) is 5. The van der Waals surface area contributed by atoms with Crippen LogP contribution in [0.1, 0.15) is 20.7 Å². The minimum atomic E-state index is -0.131. The summed E-state index contributed by atoms with van der Waals surface area (Å²) in [4.78, 5) is 28.8. The molecular weight excluding hydrogens is 350 g/mol. The first kappa shape index (κ1) is 18.4. The van der Waals surface area contributed by atoms with Gasteiger partial charge in [0.2, 0.25) is 0 Å². The van der Waals surface area contributed by atoms with Gasteiger partial charge in [-0.2, -0.15) is 11.3 Å². The molecule has 7 heteroatoms. The van der Waals surface area contributed by atoms with E-state index in [1.165, 1.54) is 11.3 Å². The third kappa shape index (κ3) is 4.42. The highest BCUT2D eigenvalue weighted by atomic mass is 32.1. The first-order chi connectivity index (χ1) is 12.7. The fourth-order valence-electron chi connectivity index (χ4n) is 3.00. The molecule has 1 fully saturated rings. The number of piperazine rings is 1. The summed E-state index contributed by atoms with van der Waals surface area (Å²) in [6, 6.07) is 9.06. The first-order valence-electron chi connectivity index (χ1n) is 8.64. The largest absolute Gasteiger partial charge is 0.496 e. The lowest BCUT2D eigenvalue weighted by molar-refractivity contribution is 0.0638. The van der Waals surface area contributed by atoms with Gasteiger partial charge in [0.1, 0.15) is 5.75 Å². The summed E-state index contributed by atoms with van der Waals surface area (Å²) in [5, 5.41) is 6.75. The van der Waals surface area contributed by atoms with E-state index in [0.29, 0.717) is 17.9 Å². The minimum absolute atomic E-state index is 0.107. The second-order valence-corrected chi connectivity index (χ2v) is 6.88. The zero-order valence-electron chi connectivity index (χ0n) is 14.8. The minimum Gasteiger partial charge on any atom is -0.496 e. The number of nitrogens with zero attached hydrogens (tertiary/aromatic N) is 2. The summed E-state index contributed by atoms with van der Waals surface area (Å²) in [7, 11) is 1.56. The average Bonchev–Trinajstić information content (AvgIpc) is 3.22. The fourth-order valence-corrected chi connectivity index (χ4v) is 3.63. The summed E-state index contributed by atoms with van der Waals surface area (Å²) in [5.41, 5.74) is 1.31. The van der Waals surface area contributed by atoms with E-state index in [1.54, 1.807) is 19.2 Å². The zero-order chi connectivity index (χ0) is 18.4. The van der Waals surface area contributed by atoms with Crippen molar-refractivity contribution in [2.24, 2.45) is 0 Å². The molecule has 1 saturated heterocycles. The molecule has 0 unspecified atom stereocenters. The maximum atomic E-state index is 12.3. The Balaban J connectivity index is 1.41. The highest BCUT2D eigenvalue weighted by Crippen LogP contribution is 2.16. The molecule has 0 atom stereocenters. The molecule has 26 heavy (non-hydrogen) atoms. The van der Waals surface area contributed by atoms with Crippen LogP contribution < -0.4 is 10.1 Å². The van der Waals surface area contributed by atoms with E-state index >= 15 is 0 Å². The van der Waals surface area contributed by atoms with E-state index in [9.17, 15) is 9.59 Å². The van der Waals surface area contributed by atoms with Crippen molar-refractivity contribution >= 4 is 23.2 Å². The van der Waals surface area contributed by atoms with Crippen LogP contribution in [0.15, 0.2) is 41.1 Å². The summed E-state index contributed by atoms with van der Waals surface area (Å²) in [6.07, 6.45) is 0. The summed E-state index contributed by atoms with van der Waals surface area (Å²) in [6.45, 7) is 4.40. The number of carbonyl (C=O) groups is 2. The molecule has 0 saturated carbocycles. The van der Waals surface area contributed by atoms with Crippen molar-refractivity contribution in [1.29, 1.82) is 0 Å². The SMILES string of the molecule is COc1ccccc1C(=O)NCCN1CCN(C(=O)c2ccsc2)CC1. The van der Waals surface area contributed by atoms with Gasteiger partial charge in [-0.3, -0.25) is 14.5 Å². The molecule has 1 N–H and O–H groups in total. The normalized spacial score (nSPS) is 14.9. The molecule has 0 aliphatic carbocycles. The van der Waals surface area contributed by atoms with Gasteiger partial charge < -0.3 is 15.0 Å². The highest BCUT2D eigenvalue weighted by molar-refractivity contribution is 7.08. The number of benzene rings is 1. The van der Waals surface area contributed by atoms with Crippen molar-refractivity contribution in [2.75, 3.05) is 46.4 Å². The van der Waals surface area contributed by atoms with Gasteiger partial charge in [0.15, 0.2) is 0 Å². The lowest BCUT2D eigenvalue weighted by Gasteiger charge is -2.34. The molecular formula is C19H23N3O3S. The summed E-state index contributed by atoms with van der Waals surface area (Å²) >= 11 is 1.54. The Morgan fingerprint density at radius 3 is 2.62 bits per heavy atom. The zero-order valence-corrected chi connectivity index (χ0v) is 15.6. The number of hydrogen-bond donors (Lipinski definition) is 1. The number of para-hydroxylation sites is 1. The smallest absolute Gasteiger partial charge is 0.255 e. The van der Waals surface area contributed by atoms with Gasteiger partial charge in [-0.15, -0.1) is 0 Å². The second kappa shape index (κ2) is 8.82. The van der Waals surface area contributed by atoms with Crippen LogP contribution in [0, 0.1) is 0 Å². The van der Waals surface area contributed by atoms with Crippen molar-refractivity contribution in [1.82, 2.24) is 15.1 Å². The predicted molar refractivity (Wildman–Crippen MR) is 102 cm³/mol. The van der Waals surface area contributed by atoms with Crippen LogP contribution in [0.4, 0.5) is 0 Å². The van der Waals surface area contributed by atoms with E-state index in [0.717, 1.165) is 38.3 Å². The molecule has 2 aromatic rings. The fraction of sp³-hybridized carbons (Fsp3) is 0.368. The van der Waals surface area contributed by atoms with Gasteiger partial charge in [0.25, 0.3) is 11.8 Å². The molecule has 2 heterocycles. The molecule has 138 valence electrons. The molecule has 6 nitrogen and oxygen atoms in total. The molecule has 1 aliphatic rings. The number of ether oxygens (including phenoxy) is 1. The predicted octanol–water partition coefficient (Wildman–Crippen LogP) is 1.94. The average molecular weight is 373 g/mol. The lowest BCUT2D eigenvalue weighted by atomic mass is 10.2. The molecule has 3 rings (SSSR count). The van der Waals surface area contributed by atoms with Crippen LogP contribution >= 0.6 is 11.3 Å². The van der Waals surface area contributed by atoms with Crippen molar-refractivity contribution in [2.45, 2.75) is 0 Å². The summed E-state index contributed by atoms with van der Waals surface area (Å²) in [5.74, 6) is 0.551. The molecule has 1 aliphatic heterocycles. The lowest BCUT2D eigenvalue weighted by Crippen LogP contribution is -2.50. The van der Waals surface area contributed by atoms with Gasteiger partial charge in [-0.05, 0) is 23.6 Å². The number of rotatable bonds is 6. The van der Waals surface area contributed by atoms with E-state index in [4.69, 9.17) is 4.74 Å². The Labute approximate surface area is 157 Å². The number of carbonyl (C=O) groups excluding carboxylic acids is 2. The van der Waals surface area contributed by atoms with Crippen LogP contribution in [0.3, 0.4) is 0 Å². The van der Waals surface area contributed by atoms with E-state index in [-0.39, 0.29) is 11.8 Å². The van der Waals surface area contributed by atoms with Crippen molar-refractivity contribution in [3.8, 4) is 5.75 Å². The van der Waals surface area contributed by atoms with Crippen molar-refractivity contribution < 1.29 is 14.3 Å². The molecule has 0 bridgehead atoms. The third-order valence-electron chi connectivity index (χ3n) is 4.49. The first-order valence-corrected chi connectivity index (χ1v) is 9.58. The molecule has 1 aromatic carbocycles. The van der Waals surface area contributed by atoms with E-state index in [2.05, 4.69) is 10.2 Å². The Kier molecular flexibility index (Phi) is 6.25. The number of amides is 2. The maximum absolute atomic E-state index is 12.3. The van der Waals surface area contributed by atoms with Crippen LogP contribution in [-0.2, 0) is 0 Å². The molecule has 0 spiro atoms. The number of thiophene rings is 1. The monoisotopic (exact) mass is 373 g/mol. The molecule has 0 radical (unpaired) electrons. The Hall–Kier alpha value is -2.38. The Bertz CT molecular complexity index is 740. The summed E-state index contributed by atoms with van der Waals surface area (Å²) < 4.78 is 5.22. The Morgan fingerprint density at radius 2 is 1.92 bits per heavy atom. The van der Waals surface area contributed by atoms with Gasteiger partial charge in [0.05, 0.1) is 18.2 Å². The van der Waals surface area contributed by atoms with Crippen LogP contribution in [0.5, 0.6) is 5.75 Å². The number of methoxy groups -OCH3 is 1. The quantitative estimate of drug-likeness (QED) is 0.841. The molecule has 1 aromatic heterocycles. The van der Waals surface area contributed by atoms with Gasteiger partial charge in [0, 0.05) is 44.6 Å². The number of nitrogens with one attached hydrogen (secondary N) is 1. The van der Waals surface area contributed by atoms with Crippen molar-refractivity contribution in [3.63, 3.8) is 0 Å². The third-order valence-corrected chi connectivity index (χ3v) is 5.18. The highest BCUT2D eigenvalue weighted by Gasteiger charge is 2.22. The van der Waals surface area contributed by atoms with Gasteiger partial charge in [-0.25, -0.2) is 0 Å². The topological polar surface area (TPSA) is 61.9 Å². The molecule has 2 amide bonds. The van der Waals surface area contributed by atoms with Gasteiger partial charge in [-0.1, -0.05) is 12.1 Å². The van der Waals surface area contributed by atoms with Crippen LogP contribution in [0.2, 0.25) is 0 Å². The van der Waals surface area contributed by atoms with Gasteiger partial charge >= 0.3 is 0 Å². The van der Waals surface area contributed by atoms with Crippen LogP contribution in [0.25, 0.3) is 0 Å². The standard InChI is InChI=1S/C19H23N3O3S/c1-25-17-5-3-2-4-16(17)18(23)20-7-8-21-9-11-22(12-10-21)19(24)15-6-13-26-14-15/h2-6,13-14H,7-12H2,1H3,(H,20,23). The maximum Gasteiger partial charge on any atom is 0.255 e. The van der Waals surface area contributed by atoms with Crippen LogP contribution in [-0.4, -0.2) is 68.0 Å². The second-order valence-electron chi connectivity index (χ2n) is 6.10. The van der Waals surface area contributed by atoms with E-state index in [1.807, 2.05) is 33.9 Å². The Morgan fingerprint density at radius 1 is 1.15 bits per heavy atom.